The maximum atomic E-state index is 4.14. The molecule has 2 nitrogen and oxygen atoms in total. The van der Waals surface area contributed by atoms with E-state index in [-0.39, 0.29) is 0 Å². The Bertz CT molecular complexity index is 298. The Kier molecular flexibility index (Phi) is 5.58. The van der Waals surface area contributed by atoms with Crippen LogP contribution in [0, 0.1) is 0 Å². The minimum absolute atomic E-state index is 0.373. The molecule has 1 atom stereocenters. The van der Waals surface area contributed by atoms with Crippen molar-refractivity contribution in [3.8, 4) is 0 Å². The molecule has 0 aromatic carbocycles. The summed E-state index contributed by atoms with van der Waals surface area (Å²) < 4.78 is 0.979. The van der Waals surface area contributed by atoms with E-state index in [0.29, 0.717) is 6.04 Å². The molecule has 82 valence electrons. The van der Waals surface area contributed by atoms with E-state index in [1.807, 2.05) is 12.3 Å². The average molecular weight is 269 g/mol. The zero-order valence-corrected chi connectivity index (χ0v) is 10.6. The molecule has 0 bridgehead atoms. The van der Waals surface area contributed by atoms with Crippen molar-refractivity contribution in [1.29, 1.82) is 0 Å². The molecule has 1 N–H and O–H groups in total. The molecule has 3 heteroatoms. The zero-order chi connectivity index (χ0) is 11.1. The minimum Gasteiger partial charge on any atom is -0.305 e. The molecule has 1 rings (SSSR count). The normalized spacial score (nSPS) is 12.4. The Morgan fingerprint density at radius 1 is 1.67 bits per heavy atom. The molecule has 1 aromatic rings. The maximum absolute atomic E-state index is 4.14. The summed E-state index contributed by atoms with van der Waals surface area (Å²) in [7, 11) is 0. The lowest BCUT2D eigenvalue weighted by Crippen LogP contribution is -2.22. The van der Waals surface area contributed by atoms with Crippen LogP contribution < -0.4 is 5.32 Å². The quantitative estimate of drug-likeness (QED) is 0.855. The van der Waals surface area contributed by atoms with E-state index in [1.54, 1.807) is 6.20 Å². The molecule has 0 aliphatic heterocycles. The maximum Gasteiger partial charge on any atom is 0.0338 e. The molecule has 15 heavy (non-hydrogen) atoms. The molecule has 1 aromatic heterocycles. The summed E-state index contributed by atoms with van der Waals surface area (Å²) in [4.78, 5) is 4.14. The number of aromatic nitrogens is 1. The molecule has 0 fully saturated rings. The van der Waals surface area contributed by atoms with Gasteiger partial charge in [-0.1, -0.05) is 41.9 Å². The monoisotopic (exact) mass is 268 g/mol. The van der Waals surface area contributed by atoms with Crippen LogP contribution in [-0.4, -0.2) is 11.5 Å². The summed E-state index contributed by atoms with van der Waals surface area (Å²) in [5.74, 6) is 0. The van der Waals surface area contributed by atoms with Crippen LogP contribution in [0.4, 0.5) is 0 Å². The topological polar surface area (TPSA) is 24.9 Å². The highest BCUT2D eigenvalue weighted by molar-refractivity contribution is 9.11. The Morgan fingerprint density at radius 2 is 2.47 bits per heavy atom. The number of rotatable bonds is 6. The van der Waals surface area contributed by atoms with E-state index in [2.05, 4.69) is 45.8 Å². The van der Waals surface area contributed by atoms with E-state index in [0.717, 1.165) is 23.9 Å². The highest BCUT2D eigenvalue weighted by atomic mass is 79.9. The van der Waals surface area contributed by atoms with Crippen LogP contribution >= 0.6 is 15.9 Å². The Morgan fingerprint density at radius 3 is 3.00 bits per heavy atom. The predicted octanol–water partition coefficient (Wildman–Crippen LogP) is 3.42. The summed E-state index contributed by atoms with van der Waals surface area (Å²) in [6, 6.07) is 4.46. The van der Waals surface area contributed by atoms with Crippen molar-refractivity contribution in [1.82, 2.24) is 10.3 Å². The first-order chi connectivity index (χ1) is 7.24. The second kappa shape index (κ2) is 6.75. The van der Waals surface area contributed by atoms with E-state index in [4.69, 9.17) is 0 Å². The van der Waals surface area contributed by atoms with Gasteiger partial charge in [0.25, 0.3) is 0 Å². The van der Waals surface area contributed by atoms with Gasteiger partial charge in [0.05, 0.1) is 0 Å². The van der Waals surface area contributed by atoms with Gasteiger partial charge in [0.1, 0.15) is 0 Å². The molecule has 0 aliphatic rings. The largest absolute Gasteiger partial charge is 0.305 e. The first kappa shape index (κ1) is 12.4. The third-order valence-corrected chi connectivity index (χ3v) is 2.48. The van der Waals surface area contributed by atoms with Crippen LogP contribution in [0.2, 0.25) is 0 Å². The van der Waals surface area contributed by atoms with Crippen LogP contribution in [0.5, 0.6) is 0 Å². The van der Waals surface area contributed by atoms with Gasteiger partial charge in [-0.2, -0.15) is 0 Å². The average Bonchev–Trinajstić information content (AvgIpc) is 2.25. The fourth-order valence-electron chi connectivity index (χ4n) is 1.49. The van der Waals surface area contributed by atoms with Crippen molar-refractivity contribution < 1.29 is 0 Å². The standard InChI is InChI=1S/C12H17BrN2/c1-3-5-12(15-8-10(2)13)11-6-4-7-14-9-11/h4,6-7,9,12,15H,2-3,5,8H2,1H3. The molecule has 1 unspecified atom stereocenters. The first-order valence-corrected chi connectivity index (χ1v) is 6.00. The smallest absolute Gasteiger partial charge is 0.0338 e. The molecule has 1 heterocycles. The van der Waals surface area contributed by atoms with Crippen molar-refractivity contribution in [2.75, 3.05) is 6.54 Å². The summed E-state index contributed by atoms with van der Waals surface area (Å²) in [5.41, 5.74) is 1.24. The predicted molar refractivity (Wildman–Crippen MR) is 68.0 cm³/mol. The van der Waals surface area contributed by atoms with Gasteiger partial charge in [-0.3, -0.25) is 4.98 Å². The third-order valence-electron chi connectivity index (χ3n) is 2.20. The lowest BCUT2D eigenvalue weighted by atomic mass is 10.0. The van der Waals surface area contributed by atoms with Gasteiger partial charge < -0.3 is 5.32 Å². The van der Waals surface area contributed by atoms with E-state index in [9.17, 15) is 0 Å². The van der Waals surface area contributed by atoms with Crippen LogP contribution in [-0.2, 0) is 0 Å². The Hall–Kier alpha value is -0.670. The van der Waals surface area contributed by atoms with Crippen molar-refractivity contribution in [2.45, 2.75) is 25.8 Å². The van der Waals surface area contributed by atoms with Crippen molar-refractivity contribution in [3.63, 3.8) is 0 Å². The third kappa shape index (κ3) is 4.58. The molecule has 0 saturated carbocycles. The zero-order valence-electron chi connectivity index (χ0n) is 9.04. The molecular weight excluding hydrogens is 252 g/mol. The Balaban J connectivity index is 2.61. The lowest BCUT2D eigenvalue weighted by molar-refractivity contribution is 0.518. The van der Waals surface area contributed by atoms with E-state index in [1.165, 1.54) is 5.56 Å². The fraction of sp³-hybridized carbons (Fsp3) is 0.417. The van der Waals surface area contributed by atoms with Crippen molar-refractivity contribution in [2.24, 2.45) is 0 Å². The second-order valence-electron chi connectivity index (χ2n) is 3.53. The van der Waals surface area contributed by atoms with Crippen LogP contribution in [0.25, 0.3) is 0 Å². The van der Waals surface area contributed by atoms with E-state index >= 15 is 0 Å². The summed E-state index contributed by atoms with van der Waals surface area (Å²) in [5, 5.41) is 3.45. The lowest BCUT2D eigenvalue weighted by Gasteiger charge is -2.17. The summed E-state index contributed by atoms with van der Waals surface area (Å²) in [6.07, 6.45) is 5.99. The molecule has 0 spiro atoms. The summed E-state index contributed by atoms with van der Waals surface area (Å²) >= 11 is 3.35. The molecule has 0 aliphatic carbocycles. The Labute approximate surface area is 99.9 Å². The van der Waals surface area contributed by atoms with Gasteiger partial charge in [-0.15, -0.1) is 0 Å². The SMILES string of the molecule is C=C(Br)CNC(CCC)c1cccnc1. The van der Waals surface area contributed by atoms with Crippen molar-refractivity contribution in [3.05, 3.63) is 41.2 Å². The van der Waals surface area contributed by atoms with Gasteiger partial charge in [0.2, 0.25) is 0 Å². The van der Waals surface area contributed by atoms with Crippen LogP contribution in [0.3, 0.4) is 0 Å². The first-order valence-electron chi connectivity index (χ1n) is 5.20. The van der Waals surface area contributed by atoms with Crippen LogP contribution in [0.15, 0.2) is 35.6 Å². The molecular formula is C12H17BrN2. The second-order valence-corrected chi connectivity index (χ2v) is 4.65. The van der Waals surface area contributed by atoms with Gasteiger partial charge in [-0.25, -0.2) is 0 Å². The number of halogens is 1. The number of hydrogen-bond donors (Lipinski definition) is 1. The molecule has 0 saturated heterocycles. The number of nitrogens with zero attached hydrogens (tertiary/aromatic N) is 1. The van der Waals surface area contributed by atoms with Gasteiger partial charge in [0.15, 0.2) is 0 Å². The molecule has 0 radical (unpaired) electrons. The van der Waals surface area contributed by atoms with Gasteiger partial charge in [-0.05, 0) is 18.1 Å². The molecule has 0 amide bonds. The van der Waals surface area contributed by atoms with Crippen molar-refractivity contribution >= 4 is 15.9 Å². The van der Waals surface area contributed by atoms with Crippen LogP contribution in [0.1, 0.15) is 31.4 Å². The summed E-state index contributed by atoms with van der Waals surface area (Å²) in [6.45, 7) is 6.80. The number of nitrogens with one attached hydrogen (secondary N) is 1. The number of pyridine rings is 1. The van der Waals surface area contributed by atoms with E-state index < -0.39 is 0 Å². The minimum atomic E-state index is 0.373. The highest BCUT2D eigenvalue weighted by Crippen LogP contribution is 2.17. The van der Waals surface area contributed by atoms with Gasteiger partial charge >= 0.3 is 0 Å². The fourth-order valence-corrected chi connectivity index (χ4v) is 1.65. The number of hydrogen-bond acceptors (Lipinski definition) is 2. The van der Waals surface area contributed by atoms with Gasteiger partial charge in [0, 0.05) is 29.5 Å². The highest BCUT2D eigenvalue weighted by Gasteiger charge is 2.09.